The third-order valence-electron chi connectivity index (χ3n) is 8.11. The summed E-state index contributed by atoms with van der Waals surface area (Å²) >= 11 is 0. The van der Waals surface area contributed by atoms with Crippen LogP contribution in [0.2, 0.25) is 0 Å². The van der Waals surface area contributed by atoms with Crippen molar-refractivity contribution in [3.05, 3.63) is 102 Å². The molecular weight excluding hydrogens is 496 g/mol. The van der Waals surface area contributed by atoms with E-state index in [9.17, 15) is 18.4 Å². The van der Waals surface area contributed by atoms with Gasteiger partial charge in [0.2, 0.25) is 11.8 Å². The highest BCUT2D eigenvalue weighted by molar-refractivity contribution is 5.92. The second-order valence-corrected chi connectivity index (χ2v) is 10.6. The SMILES string of the molecule is O=C(CC(c1ccccc1)c1ccccc1)NC1(C(=O)N2CCN(c3ccc(F)cc3F)CC2)CCCCC1. The molecule has 1 saturated carbocycles. The zero-order valence-corrected chi connectivity index (χ0v) is 22.1. The molecule has 3 aromatic rings. The van der Waals surface area contributed by atoms with Gasteiger partial charge in [0.1, 0.15) is 17.2 Å². The van der Waals surface area contributed by atoms with E-state index in [2.05, 4.69) is 5.32 Å². The standard InChI is InChI=1S/C32H35F2N3O2/c33-26-14-15-29(28(34)22-26)36-18-20-37(21-19-36)31(39)32(16-8-3-9-17-32)35-30(38)23-27(24-10-4-1-5-11-24)25-12-6-2-7-13-25/h1-2,4-7,10-15,22,27H,3,8-9,16-21,23H2,(H,35,38). The van der Waals surface area contributed by atoms with Gasteiger partial charge in [0.15, 0.2) is 0 Å². The predicted octanol–water partition coefficient (Wildman–Crippen LogP) is 5.65. The van der Waals surface area contributed by atoms with E-state index in [4.69, 9.17) is 0 Å². The van der Waals surface area contributed by atoms with Gasteiger partial charge in [0.25, 0.3) is 0 Å². The number of hydrogen-bond donors (Lipinski definition) is 1. The number of anilines is 1. The van der Waals surface area contributed by atoms with Gasteiger partial charge in [0.05, 0.1) is 5.69 Å². The van der Waals surface area contributed by atoms with Crippen molar-refractivity contribution in [2.24, 2.45) is 0 Å². The molecule has 204 valence electrons. The number of halogens is 2. The molecule has 3 aromatic carbocycles. The number of carbonyl (C=O) groups is 2. The smallest absolute Gasteiger partial charge is 0.248 e. The number of piperazine rings is 1. The third-order valence-corrected chi connectivity index (χ3v) is 8.11. The van der Waals surface area contributed by atoms with E-state index < -0.39 is 17.2 Å². The number of amides is 2. The minimum absolute atomic E-state index is 0.0502. The van der Waals surface area contributed by atoms with Gasteiger partial charge in [-0.15, -0.1) is 0 Å². The lowest BCUT2D eigenvalue weighted by Gasteiger charge is -2.43. The zero-order valence-electron chi connectivity index (χ0n) is 22.1. The second kappa shape index (κ2) is 12.0. The Labute approximate surface area is 228 Å². The number of carbonyl (C=O) groups excluding carboxylic acids is 2. The molecule has 0 spiro atoms. The molecule has 0 aromatic heterocycles. The summed E-state index contributed by atoms with van der Waals surface area (Å²) in [6.45, 7) is 1.73. The Morgan fingerprint density at radius 2 is 1.38 bits per heavy atom. The summed E-state index contributed by atoms with van der Waals surface area (Å²) in [6.07, 6.45) is 4.29. The second-order valence-electron chi connectivity index (χ2n) is 10.6. The summed E-state index contributed by atoms with van der Waals surface area (Å²) in [4.78, 5) is 31.2. The highest BCUT2D eigenvalue weighted by Gasteiger charge is 2.44. The summed E-state index contributed by atoms with van der Waals surface area (Å²) in [5, 5.41) is 3.21. The minimum Gasteiger partial charge on any atom is -0.366 e. The maximum absolute atomic E-state index is 14.3. The molecule has 1 N–H and O–H groups in total. The van der Waals surface area contributed by atoms with Crippen LogP contribution in [-0.4, -0.2) is 48.4 Å². The van der Waals surface area contributed by atoms with Crippen LogP contribution in [0.15, 0.2) is 78.9 Å². The quantitative estimate of drug-likeness (QED) is 0.429. The molecule has 1 saturated heterocycles. The zero-order chi connectivity index (χ0) is 27.2. The largest absolute Gasteiger partial charge is 0.366 e. The minimum atomic E-state index is -0.920. The van der Waals surface area contributed by atoms with E-state index in [-0.39, 0.29) is 24.2 Å². The van der Waals surface area contributed by atoms with Crippen molar-refractivity contribution in [1.29, 1.82) is 0 Å². The van der Waals surface area contributed by atoms with Gasteiger partial charge in [-0.2, -0.15) is 0 Å². The number of rotatable bonds is 7. The molecule has 2 fully saturated rings. The fourth-order valence-electron chi connectivity index (χ4n) is 6.04. The van der Waals surface area contributed by atoms with E-state index >= 15 is 0 Å². The van der Waals surface area contributed by atoms with Gasteiger partial charge in [-0.3, -0.25) is 9.59 Å². The molecule has 1 heterocycles. The van der Waals surface area contributed by atoms with Crippen LogP contribution in [0, 0.1) is 11.6 Å². The molecule has 2 aliphatic rings. The molecule has 5 nitrogen and oxygen atoms in total. The van der Waals surface area contributed by atoms with Crippen molar-refractivity contribution < 1.29 is 18.4 Å². The average Bonchev–Trinajstić information content (AvgIpc) is 2.97. The molecule has 5 rings (SSSR count). The fraction of sp³-hybridized carbons (Fsp3) is 0.375. The molecule has 0 radical (unpaired) electrons. The Morgan fingerprint density at radius 1 is 0.795 bits per heavy atom. The third kappa shape index (κ3) is 6.13. The average molecular weight is 532 g/mol. The van der Waals surface area contributed by atoms with Crippen LogP contribution in [0.3, 0.4) is 0 Å². The number of nitrogens with one attached hydrogen (secondary N) is 1. The van der Waals surface area contributed by atoms with Gasteiger partial charge in [-0.05, 0) is 36.1 Å². The summed E-state index contributed by atoms with van der Waals surface area (Å²) < 4.78 is 27.7. The van der Waals surface area contributed by atoms with Gasteiger partial charge in [-0.1, -0.05) is 79.9 Å². The maximum atomic E-state index is 14.3. The maximum Gasteiger partial charge on any atom is 0.248 e. The van der Waals surface area contributed by atoms with Crippen molar-refractivity contribution in [2.45, 2.75) is 50.0 Å². The number of hydrogen-bond acceptors (Lipinski definition) is 3. The molecule has 0 bridgehead atoms. The highest BCUT2D eigenvalue weighted by Crippen LogP contribution is 2.33. The topological polar surface area (TPSA) is 52.7 Å². The lowest BCUT2D eigenvalue weighted by Crippen LogP contribution is -2.63. The van der Waals surface area contributed by atoms with Gasteiger partial charge in [-0.25, -0.2) is 8.78 Å². The van der Waals surface area contributed by atoms with Crippen molar-refractivity contribution in [3.8, 4) is 0 Å². The van der Waals surface area contributed by atoms with Crippen molar-refractivity contribution in [2.75, 3.05) is 31.1 Å². The molecular formula is C32H35F2N3O2. The predicted molar refractivity (Wildman–Crippen MR) is 148 cm³/mol. The molecule has 0 unspecified atom stereocenters. The number of benzene rings is 3. The number of nitrogens with zero attached hydrogens (tertiary/aromatic N) is 2. The van der Waals surface area contributed by atoms with E-state index in [1.807, 2.05) is 65.6 Å². The van der Waals surface area contributed by atoms with Crippen LogP contribution in [0.25, 0.3) is 0 Å². The van der Waals surface area contributed by atoms with Crippen molar-refractivity contribution in [1.82, 2.24) is 10.2 Å². The van der Waals surface area contributed by atoms with E-state index in [0.717, 1.165) is 36.5 Å². The molecule has 1 aliphatic carbocycles. The van der Waals surface area contributed by atoms with Crippen LogP contribution in [0.5, 0.6) is 0 Å². The van der Waals surface area contributed by atoms with Gasteiger partial charge >= 0.3 is 0 Å². The molecule has 1 aliphatic heterocycles. The monoisotopic (exact) mass is 531 g/mol. The van der Waals surface area contributed by atoms with Gasteiger partial charge in [0, 0.05) is 44.6 Å². The van der Waals surface area contributed by atoms with Gasteiger partial charge < -0.3 is 15.1 Å². The van der Waals surface area contributed by atoms with Crippen LogP contribution in [0.1, 0.15) is 55.6 Å². The van der Waals surface area contributed by atoms with E-state index in [1.54, 1.807) is 4.90 Å². The summed E-state index contributed by atoms with van der Waals surface area (Å²) in [6, 6.07) is 23.6. The first-order chi connectivity index (χ1) is 18.9. The Bertz CT molecular complexity index is 1230. The summed E-state index contributed by atoms with van der Waals surface area (Å²) in [5.41, 5.74) is 1.55. The molecule has 0 atom stereocenters. The first-order valence-corrected chi connectivity index (χ1v) is 13.9. The van der Waals surface area contributed by atoms with Crippen LogP contribution in [-0.2, 0) is 9.59 Å². The van der Waals surface area contributed by atoms with Crippen LogP contribution >= 0.6 is 0 Å². The first-order valence-electron chi connectivity index (χ1n) is 13.9. The van der Waals surface area contributed by atoms with E-state index in [1.165, 1.54) is 12.1 Å². The van der Waals surface area contributed by atoms with Crippen molar-refractivity contribution >= 4 is 17.5 Å². The summed E-state index contributed by atoms with van der Waals surface area (Å²) in [7, 11) is 0. The summed E-state index contributed by atoms with van der Waals surface area (Å²) in [5.74, 6) is -1.50. The Kier molecular flexibility index (Phi) is 8.24. The molecule has 7 heteroatoms. The Balaban J connectivity index is 1.29. The Morgan fingerprint density at radius 3 is 1.95 bits per heavy atom. The van der Waals surface area contributed by atoms with Crippen LogP contribution < -0.4 is 10.2 Å². The highest BCUT2D eigenvalue weighted by atomic mass is 19.1. The first kappa shape index (κ1) is 26.9. The molecule has 2 amide bonds. The van der Waals surface area contributed by atoms with Crippen LogP contribution in [0.4, 0.5) is 14.5 Å². The van der Waals surface area contributed by atoms with Crippen molar-refractivity contribution in [3.63, 3.8) is 0 Å². The lowest BCUT2D eigenvalue weighted by molar-refractivity contribution is -0.143. The van der Waals surface area contributed by atoms with E-state index in [0.29, 0.717) is 44.7 Å². The molecule has 39 heavy (non-hydrogen) atoms. The normalized spacial score (nSPS) is 17.2. The Hall–Kier alpha value is -3.74. The fourth-order valence-corrected chi connectivity index (χ4v) is 6.04. The lowest BCUT2D eigenvalue weighted by atomic mass is 9.79.